The molecule has 0 unspecified atom stereocenters. The van der Waals surface area contributed by atoms with Gasteiger partial charge >= 0.3 is 0 Å². The number of likely N-dealkylation sites (tertiary alicyclic amines) is 1. The summed E-state index contributed by atoms with van der Waals surface area (Å²) in [5.74, 6) is 0.599. The van der Waals surface area contributed by atoms with E-state index in [0.29, 0.717) is 31.7 Å². The Balaban J connectivity index is 1.45. The number of rotatable bonds is 7. The number of carbonyl (C=O) groups excluding carboxylic acids is 2. The second-order valence-electron chi connectivity index (χ2n) is 7.68. The highest BCUT2D eigenvalue weighted by Crippen LogP contribution is 2.21. The quantitative estimate of drug-likeness (QED) is 0.783. The highest BCUT2D eigenvalue weighted by molar-refractivity contribution is 5.92. The van der Waals surface area contributed by atoms with Crippen molar-refractivity contribution in [3.05, 3.63) is 60.2 Å². The van der Waals surface area contributed by atoms with Gasteiger partial charge in [-0.2, -0.15) is 0 Å². The van der Waals surface area contributed by atoms with Crippen LogP contribution in [0.2, 0.25) is 0 Å². The van der Waals surface area contributed by atoms with Gasteiger partial charge in [-0.1, -0.05) is 30.3 Å². The van der Waals surface area contributed by atoms with E-state index in [1.807, 2.05) is 62.6 Å². The molecule has 0 aromatic heterocycles. The summed E-state index contributed by atoms with van der Waals surface area (Å²) >= 11 is 0. The third kappa shape index (κ3) is 6.32. The summed E-state index contributed by atoms with van der Waals surface area (Å²) in [7, 11) is 4.04. The van der Waals surface area contributed by atoms with E-state index < -0.39 is 0 Å². The number of piperidine rings is 1. The van der Waals surface area contributed by atoms with Gasteiger partial charge in [0.05, 0.1) is 0 Å². The lowest BCUT2D eigenvalue weighted by atomic mass is 9.95. The van der Waals surface area contributed by atoms with E-state index in [-0.39, 0.29) is 24.3 Å². The van der Waals surface area contributed by atoms with E-state index in [4.69, 9.17) is 4.74 Å². The SMILES string of the molecule is CN(C)Cc1cccc(NC(=O)C2CCN(C(=O)COc3ccccc3)CC2)c1. The molecule has 0 saturated carbocycles. The number of amides is 2. The Morgan fingerprint density at radius 3 is 2.48 bits per heavy atom. The molecule has 2 aromatic rings. The third-order valence-electron chi connectivity index (χ3n) is 5.02. The number of benzene rings is 2. The van der Waals surface area contributed by atoms with Crippen molar-refractivity contribution in [1.29, 1.82) is 0 Å². The molecule has 0 atom stereocenters. The Morgan fingerprint density at radius 2 is 1.79 bits per heavy atom. The van der Waals surface area contributed by atoms with Gasteiger partial charge in [0.2, 0.25) is 5.91 Å². The molecular weight excluding hydrogens is 366 g/mol. The zero-order valence-corrected chi connectivity index (χ0v) is 17.1. The summed E-state index contributed by atoms with van der Waals surface area (Å²) in [6, 6.07) is 17.3. The lowest BCUT2D eigenvalue weighted by Gasteiger charge is -2.31. The maximum atomic E-state index is 12.6. The highest BCUT2D eigenvalue weighted by atomic mass is 16.5. The van der Waals surface area contributed by atoms with Crippen molar-refractivity contribution in [3.8, 4) is 5.75 Å². The Morgan fingerprint density at radius 1 is 1.07 bits per heavy atom. The molecule has 0 radical (unpaired) electrons. The molecule has 6 heteroatoms. The van der Waals surface area contributed by atoms with Gasteiger partial charge in [-0.15, -0.1) is 0 Å². The normalized spacial score (nSPS) is 14.7. The van der Waals surface area contributed by atoms with Crippen molar-refractivity contribution in [2.45, 2.75) is 19.4 Å². The van der Waals surface area contributed by atoms with Crippen LogP contribution in [0.3, 0.4) is 0 Å². The number of para-hydroxylation sites is 1. The number of ether oxygens (including phenoxy) is 1. The smallest absolute Gasteiger partial charge is 0.260 e. The van der Waals surface area contributed by atoms with Crippen LogP contribution >= 0.6 is 0 Å². The van der Waals surface area contributed by atoms with Crippen LogP contribution < -0.4 is 10.1 Å². The number of carbonyl (C=O) groups is 2. The standard InChI is InChI=1S/C23H29N3O3/c1-25(2)16-18-7-6-8-20(15-18)24-23(28)19-11-13-26(14-12-19)22(27)17-29-21-9-4-3-5-10-21/h3-10,15,19H,11-14,16-17H2,1-2H3,(H,24,28). The van der Waals surface area contributed by atoms with Gasteiger partial charge in [-0.25, -0.2) is 0 Å². The molecule has 3 rings (SSSR count). The molecule has 6 nitrogen and oxygen atoms in total. The Bertz CT molecular complexity index is 815. The van der Waals surface area contributed by atoms with Crippen molar-refractivity contribution in [1.82, 2.24) is 9.80 Å². The van der Waals surface area contributed by atoms with Crippen molar-refractivity contribution >= 4 is 17.5 Å². The van der Waals surface area contributed by atoms with Crippen molar-refractivity contribution in [2.75, 3.05) is 39.1 Å². The lowest BCUT2D eigenvalue weighted by Crippen LogP contribution is -2.43. The predicted octanol–water partition coefficient (Wildman–Crippen LogP) is 3.00. The van der Waals surface area contributed by atoms with Gasteiger partial charge in [0.15, 0.2) is 6.61 Å². The first-order valence-electron chi connectivity index (χ1n) is 10.0. The van der Waals surface area contributed by atoms with Gasteiger partial charge in [0.1, 0.15) is 5.75 Å². The monoisotopic (exact) mass is 395 g/mol. The fraction of sp³-hybridized carbons (Fsp3) is 0.391. The number of hydrogen-bond acceptors (Lipinski definition) is 4. The van der Waals surface area contributed by atoms with E-state index in [1.165, 1.54) is 0 Å². The van der Waals surface area contributed by atoms with Crippen LogP contribution in [0.4, 0.5) is 5.69 Å². The molecule has 1 aliphatic heterocycles. The van der Waals surface area contributed by atoms with E-state index in [0.717, 1.165) is 17.8 Å². The largest absolute Gasteiger partial charge is 0.484 e. The molecule has 2 amide bonds. The maximum absolute atomic E-state index is 12.6. The Kier molecular flexibility index (Phi) is 7.25. The van der Waals surface area contributed by atoms with Crippen LogP contribution in [0.5, 0.6) is 5.75 Å². The number of hydrogen-bond donors (Lipinski definition) is 1. The Hall–Kier alpha value is -2.86. The van der Waals surface area contributed by atoms with Crippen LogP contribution in [-0.4, -0.2) is 55.4 Å². The molecule has 1 N–H and O–H groups in total. The van der Waals surface area contributed by atoms with Crippen LogP contribution in [-0.2, 0) is 16.1 Å². The molecule has 1 saturated heterocycles. The summed E-state index contributed by atoms with van der Waals surface area (Å²) in [6.07, 6.45) is 1.33. The molecule has 1 heterocycles. The molecule has 154 valence electrons. The first-order valence-corrected chi connectivity index (χ1v) is 10.0. The second-order valence-corrected chi connectivity index (χ2v) is 7.68. The molecular formula is C23H29N3O3. The average Bonchev–Trinajstić information content (AvgIpc) is 2.72. The van der Waals surface area contributed by atoms with Crippen LogP contribution in [0.1, 0.15) is 18.4 Å². The summed E-state index contributed by atoms with van der Waals surface area (Å²) in [5.41, 5.74) is 1.98. The zero-order chi connectivity index (χ0) is 20.6. The summed E-state index contributed by atoms with van der Waals surface area (Å²) in [5, 5.41) is 3.03. The van der Waals surface area contributed by atoms with Gasteiger partial charge < -0.3 is 19.9 Å². The fourth-order valence-electron chi connectivity index (χ4n) is 3.50. The molecule has 0 bridgehead atoms. The predicted molar refractivity (Wildman–Crippen MR) is 114 cm³/mol. The van der Waals surface area contributed by atoms with E-state index in [9.17, 15) is 9.59 Å². The minimum Gasteiger partial charge on any atom is -0.484 e. The number of nitrogens with one attached hydrogen (secondary N) is 1. The molecule has 0 aliphatic carbocycles. The van der Waals surface area contributed by atoms with E-state index in [1.54, 1.807) is 4.90 Å². The first kappa shape index (κ1) is 20.9. The van der Waals surface area contributed by atoms with E-state index >= 15 is 0 Å². The van der Waals surface area contributed by atoms with Gasteiger partial charge in [-0.05, 0) is 56.8 Å². The van der Waals surface area contributed by atoms with Gasteiger partial charge in [0, 0.05) is 31.2 Å². The maximum Gasteiger partial charge on any atom is 0.260 e. The first-order chi connectivity index (χ1) is 14.0. The average molecular weight is 396 g/mol. The van der Waals surface area contributed by atoms with Crippen LogP contribution in [0, 0.1) is 5.92 Å². The molecule has 29 heavy (non-hydrogen) atoms. The topological polar surface area (TPSA) is 61.9 Å². The molecule has 2 aromatic carbocycles. The summed E-state index contributed by atoms with van der Waals surface area (Å²) in [6.45, 7) is 2.01. The Labute approximate surface area is 172 Å². The van der Waals surface area contributed by atoms with Gasteiger partial charge in [0.25, 0.3) is 5.91 Å². The van der Waals surface area contributed by atoms with Crippen molar-refractivity contribution < 1.29 is 14.3 Å². The second kappa shape index (κ2) is 10.1. The molecule has 1 fully saturated rings. The highest BCUT2D eigenvalue weighted by Gasteiger charge is 2.27. The van der Waals surface area contributed by atoms with Gasteiger partial charge in [-0.3, -0.25) is 9.59 Å². The van der Waals surface area contributed by atoms with E-state index in [2.05, 4.69) is 16.3 Å². The third-order valence-corrected chi connectivity index (χ3v) is 5.02. The van der Waals surface area contributed by atoms with Crippen molar-refractivity contribution in [2.24, 2.45) is 5.92 Å². The van der Waals surface area contributed by atoms with Crippen LogP contribution in [0.15, 0.2) is 54.6 Å². The zero-order valence-electron chi connectivity index (χ0n) is 17.1. The number of anilines is 1. The number of nitrogens with zero attached hydrogens (tertiary/aromatic N) is 2. The minimum absolute atomic E-state index is 0.0273. The fourth-order valence-corrected chi connectivity index (χ4v) is 3.50. The summed E-state index contributed by atoms with van der Waals surface area (Å²) in [4.78, 5) is 28.9. The van der Waals surface area contributed by atoms with Crippen molar-refractivity contribution in [3.63, 3.8) is 0 Å². The summed E-state index contributed by atoms with van der Waals surface area (Å²) < 4.78 is 5.54. The van der Waals surface area contributed by atoms with Crippen LogP contribution in [0.25, 0.3) is 0 Å². The molecule has 1 aliphatic rings. The lowest BCUT2D eigenvalue weighted by molar-refractivity contribution is -0.136. The molecule has 0 spiro atoms. The minimum atomic E-state index is -0.0772.